The van der Waals surface area contributed by atoms with Crippen LogP contribution in [-0.2, 0) is 13.1 Å². The number of fused-ring (bicyclic) bond motifs is 1. The summed E-state index contributed by atoms with van der Waals surface area (Å²) in [6.45, 7) is 6.47. The van der Waals surface area contributed by atoms with Crippen LogP contribution in [0.3, 0.4) is 0 Å². The molecule has 0 spiro atoms. The van der Waals surface area contributed by atoms with Gasteiger partial charge in [0.25, 0.3) is 0 Å². The van der Waals surface area contributed by atoms with Gasteiger partial charge in [0.2, 0.25) is 5.71 Å². The molecule has 0 bridgehead atoms. The maximum Gasteiger partial charge on any atom is 0.213 e. The molecule has 4 rings (SSSR count). The number of anilines is 2. The third kappa shape index (κ3) is 3.55. The molecule has 3 aromatic rings. The van der Waals surface area contributed by atoms with Gasteiger partial charge in [-0.2, -0.15) is 0 Å². The number of nitrogen functional groups attached to an aromatic ring is 1. The van der Waals surface area contributed by atoms with Crippen molar-refractivity contribution in [1.29, 1.82) is 0 Å². The van der Waals surface area contributed by atoms with Gasteiger partial charge in [-0.05, 0) is 44.2 Å². The third-order valence-corrected chi connectivity index (χ3v) is 4.81. The van der Waals surface area contributed by atoms with E-state index in [4.69, 9.17) is 15.9 Å². The van der Waals surface area contributed by atoms with Gasteiger partial charge in [0.05, 0.1) is 23.8 Å². The SMILES string of the molecule is CC(C)Oc1ccc(N)c(C(=[NH2+])c2ccnc(N3CCn4ccnc4C3)c2)c1. The Kier molecular flexibility index (Phi) is 4.73. The summed E-state index contributed by atoms with van der Waals surface area (Å²) in [5.41, 5.74) is 9.06. The summed E-state index contributed by atoms with van der Waals surface area (Å²) in [6, 6.07) is 9.48. The molecule has 0 aliphatic carbocycles. The standard InChI is InChI=1S/C21H24N6O/c1-14(2)28-16-3-4-18(22)17(12-16)21(23)15-5-6-24-19(11-15)27-10-9-26-8-7-25-20(26)13-27/h3-8,11-12,14,23H,9-10,13,22H2,1-2H3/p+1. The molecular weight excluding hydrogens is 352 g/mol. The normalized spacial score (nSPS) is 13.5. The Morgan fingerprint density at radius 2 is 2.00 bits per heavy atom. The highest BCUT2D eigenvalue weighted by Gasteiger charge is 2.21. The van der Waals surface area contributed by atoms with Crippen LogP contribution in [0, 0.1) is 0 Å². The van der Waals surface area contributed by atoms with Gasteiger partial charge in [-0.25, -0.2) is 9.97 Å². The minimum Gasteiger partial charge on any atom is -0.491 e. The first-order valence-corrected chi connectivity index (χ1v) is 9.41. The van der Waals surface area contributed by atoms with E-state index < -0.39 is 0 Å². The topological polar surface area (TPSA) is 94.8 Å². The van der Waals surface area contributed by atoms with Crippen molar-refractivity contribution in [3.8, 4) is 5.75 Å². The molecule has 4 N–H and O–H groups in total. The quantitative estimate of drug-likeness (QED) is 0.516. The van der Waals surface area contributed by atoms with Gasteiger partial charge < -0.3 is 19.9 Å². The molecule has 0 amide bonds. The van der Waals surface area contributed by atoms with E-state index in [-0.39, 0.29) is 6.10 Å². The molecule has 7 nitrogen and oxygen atoms in total. The van der Waals surface area contributed by atoms with E-state index in [0.29, 0.717) is 11.4 Å². The molecule has 0 saturated carbocycles. The van der Waals surface area contributed by atoms with Crippen LogP contribution >= 0.6 is 0 Å². The summed E-state index contributed by atoms with van der Waals surface area (Å²) < 4.78 is 7.95. The zero-order valence-corrected chi connectivity index (χ0v) is 16.2. The Morgan fingerprint density at radius 1 is 1.14 bits per heavy atom. The van der Waals surface area contributed by atoms with Crippen LogP contribution in [0.15, 0.2) is 48.9 Å². The summed E-state index contributed by atoms with van der Waals surface area (Å²) in [4.78, 5) is 11.2. The number of ether oxygens (including phenoxy) is 1. The lowest BCUT2D eigenvalue weighted by Crippen LogP contribution is -2.41. The van der Waals surface area contributed by atoms with Gasteiger partial charge in [0.15, 0.2) is 0 Å². The Balaban J connectivity index is 1.60. The van der Waals surface area contributed by atoms with Crippen LogP contribution in [0.25, 0.3) is 0 Å². The lowest BCUT2D eigenvalue weighted by atomic mass is 10.0. The van der Waals surface area contributed by atoms with E-state index in [2.05, 4.69) is 19.4 Å². The van der Waals surface area contributed by atoms with E-state index in [0.717, 1.165) is 48.2 Å². The Hall–Kier alpha value is -3.35. The summed E-state index contributed by atoms with van der Waals surface area (Å²) in [6.07, 6.45) is 5.71. The summed E-state index contributed by atoms with van der Waals surface area (Å²) in [7, 11) is 0. The third-order valence-electron chi connectivity index (χ3n) is 4.81. The smallest absolute Gasteiger partial charge is 0.213 e. The van der Waals surface area contributed by atoms with Crippen molar-refractivity contribution in [2.75, 3.05) is 17.2 Å². The molecule has 0 unspecified atom stereocenters. The molecule has 0 atom stereocenters. The first kappa shape index (κ1) is 18.0. The molecule has 1 aliphatic heterocycles. The lowest BCUT2D eigenvalue weighted by molar-refractivity contribution is -0.111. The van der Waals surface area contributed by atoms with Crippen molar-refractivity contribution in [3.63, 3.8) is 0 Å². The molecule has 7 heteroatoms. The maximum absolute atomic E-state index is 6.49. The number of imidazole rings is 1. The maximum atomic E-state index is 6.49. The van der Waals surface area contributed by atoms with Crippen LogP contribution in [0.5, 0.6) is 5.75 Å². The van der Waals surface area contributed by atoms with Crippen LogP contribution in [0.4, 0.5) is 11.5 Å². The molecule has 1 aliphatic rings. The highest BCUT2D eigenvalue weighted by Crippen LogP contribution is 2.24. The Labute approximate surface area is 164 Å². The van der Waals surface area contributed by atoms with E-state index in [1.54, 1.807) is 6.20 Å². The molecule has 0 radical (unpaired) electrons. The average Bonchev–Trinajstić information content (AvgIpc) is 3.16. The van der Waals surface area contributed by atoms with Crippen LogP contribution in [-0.4, -0.2) is 32.9 Å². The average molecular weight is 377 g/mol. The lowest BCUT2D eigenvalue weighted by Gasteiger charge is -2.28. The number of nitrogens with zero attached hydrogens (tertiary/aromatic N) is 4. The fraction of sp³-hybridized carbons (Fsp3) is 0.286. The number of hydrogen-bond acceptors (Lipinski definition) is 5. The van der Waals surface area contributed by atoms with E-state index in [1.807, 2.05) is 56.6 Å². The van der Waals surface area contributed by atoms with Gasteiger partial charge in [-0.3, -0.25) is 5.41 Å². The zero-order chi connectivity index (χ0) is 19.7. The Morgan fingerprint density at radius 3 is 2.82 bits per heavy atom. The largest absolute Gasteiger partial charge is 0.491 e. The molecule has 144 valence electrons. The number of hydrogen-bond donors (Lipinski definition) is 2. The molecule has 0 saturated heterocycles. The summed E-state index contributed by atoms with van der Waals surface area (Å²) in [5.74, 6) is 2.67. The van der Waals surface area contributed by atoms with Crippen LogP contribution < -0.4 is 20.8 Å². The van der Waals surface area contributed by atoms with Gasteiger partial charge in [-0.1, -0.05) is 0 Å². The number of pyridine rings is 1. The van der Waals surface area contributed by atoms with Gasteiger partial charge in [-0.15, -0.1) is 0 Å². The fourth-order valence-corrected chi connectivity index (χ4v) is 3.40. The van der Waals surface area contributed by atoms with Crippen molar-refractivity contribution in [3.05, 3.63) is 65.9 Å². The number of aromatic nitrogens is 3. The van der Waals surface area contributed by atoms with E-state index in [1.165, 1.54) is 0 Å². The molecular formula is C21H25N6O+. The van der Waals surface area contributed by atoms with Crippen LogP contribution in [0.1, 0.15) is 30.8 Å². The number of rotatable bonds is 5. The van der Waals surface area contributed by atoms with Crippen molar-refractivity contribution in [2.45, 2.75) is 33.0 Å². The first-order valence-electron chi connectivity index (χ1n) is 9.41. The second-order valence-corrected chi connectivity index (χ2v) is 7.19. The number of benzene rings is 1. The summed E-state index contributed by atoms with van der Waals surface area (Å²) >= 11 is 0. The molecule has 0 fully saturated rings. The van der Waals surface area contributed by atoms with Crippen molar-refractivity contribution < 1.29 is 10.1 Å². The van der Waals surface area contributed by atoms with E-state index >= 15 is 0 Å². The molecule has 1 aromatic carbocycles. The van der Waals surface area contributed by atoms with E-state index in [9.17, 15) is 0 Å². The molecule has 28 heavy (non-hydrogen) atoms. The predicted octanol–water partition coefficient (Wildman–Crippen LogP) is 1.26. The minimum atomic E-state index is 0.0804. The highest BCUT2D eigenvalue weighted by molar-refractivity contribution is 6.12. The monoisotopic (exact) mass is 377 g/mol. The van der Waals surface area contributed by atoms with Crippen LogP contribution in [0.2, 0.25) is 0 Å². The van der Waals surface area contributed by atoms with Crippen molar-refractivity contribution >= 4 is 17.2 Å². The fourth-order valence-electron chi connectivity index (χ4n) is 3.40. The highest BCUT2D eigenvalue weighted by atomic mass is 16.5. The first-order chi connectivity index (χ1) is 13.5. The van der Waals surface area contributed by atoms with Crippen molar-refractivity contribution in [2.24, 2.45) is 0 Å². The molecule has 2 aromatic heterocycles. The van der Waals surface area contributed by atoms with Gasteiger partial charge in [0, 0.05) is 37.4 Å². The second-order valence-electron chi connectivity index (χ2n) is 7.19. The van der Waals surface area contributed by atoms with Crippen molar-refractivity contribution in [1.82, 2.24) is 14.5 Å². The second kappa shape index (κ2) is 7.34. The summed E-state index contributed by atoms with van der Waals surface area (Å²) in [5, 5.41) is 6.49. The number of nitrogens with two attached hydrogens (primary N) is 2. The Bertz CT molecular complexity index is 1010. The minimum absolute atomic E-state index is 0.0804. The predicted molar refractivity (Wildman–Crippen MR) is 109 cm³/mol. The zero-order valence-electron chi connectivity index (χ0n) is 16.2. The van der Waals surface area contributed by atoms with Gasteiger partial charge in [0.1, 0.15) is 17.4 Å². The van der Waals surface area contributed by atoms with Gasteiger partial charge >= 0.3 is 0 Å². The molecule has 3 heterocycles.